The average Bonchev–Trinajstić information content (AvgIpc) is 2.46. The van der Waals surface area contributed by atoms with Crippen LogP contribution in [-0.2, 0) is 0 Å². The predicted molar refractivity (Wildman–Crippen MR) is 87.3 cm³/mol. The first kappa shape index (κ1) is 14.9. The van der Waals surface area contributed by atoms with E-state index in [1.165, 1.54) is 11.3 Å². The molecule has 0 fully saturated rings. The van der Waals surface area contributed by atoms with Gasteiger partial charge in [-0.15, -0.1) is 0 Å². The molecule has 2 rings (SSSR count). The van der Waals surface area contributed by atoms with E-state index in [0.29, 0.717) is 0 Å². The molecule has 20 heavy (non-hydrogen) atoms. The van der Waals surface area contributed by atoms with Crippen molar-refractivity contribution < 1.29 is 0 Å². The molecule has 0 aliphatic rings. The maximum absolute atomic E-state index is 6.07. The van der Waals surface area contributed by atoms with Gasteiger partial charge in [0, 0.05) is 23.8 Å². The van der Waals surface area contributed by atoms with Crippen LogP contribution in [0.5, 0.6) is 0 Å². The van der Waals surface area contributed by atoms with Gasteiger partial charge in [0.1, 0.15) is 0 Å². The fourth-order valence-electron chi connectivity index (χ4n) is 2.37. The van der Waals surface area contributed by atoms with Crippen LogP contribution in [0, 0.1) is 0 Å². The van der Waals surface area contributed by atoms with Crippen LogP contribution >= 0.6 is 11.6 Å². The van der Waals surface area contributed by atoms with E-state index in [1.807, 2.05) is 31.2 Å². The molecule has 2 nitrogen and oxygen atoms in total. The van der Waals surface area contributed by atoms with Gasteiger partial charge >= 0.3 is 0 Å². The van der Waals surface area contributed by atoms with Crippen molar-refractivity contribution >= 4 is 17.3 Å². The van der Waals surface area contributed by atoms with E-state index in [4.69, 9.17) is 17.3 Å². The molecule has 2 N–H and O–H groups in total. The van der Waals surface area contributed by atoms with E-state index in [-0.39, 0.29) is 12.1 Å². The molecule has 2 aromatic carbocycles. The molecule has 0 bridgehead atoms. The first-order chi connectivity index (χ1) is 9.50. The number of benzene rings is 2. The third-order valence-corrected chi connectivity index (χ3v) is 3.99. The summed E-state index contributed by atoms with van der Waals surface area (Å²) in [4.78, 5) is 2.25. The fraction of sp³-hybridized carbons (Fsp3) is 0.294. The van der Waals surface area contributed by atoms with Gasteiger partial charge in [-0.2, -0.15) is 0 Å². The monoisotopic (exact) mass is 288 g/mol. The van der Waals surface area contributed by atoms with Gasteiger partial charge in [0.05, 0.1) is 6.04 Å². The highest BCUT2D eigenvalue weighted by molar-refractivity contribution is 6.30. The number of hydrogen-bond donors (Lipinski definition) is 1. The third-order valence-electron chi connectivity index (χ3n) is 3.74. The highest BCUT2D eigenvalue weighted by Crippen LogP contribution is 2.31. The van der Waals surface area contributed by atoms with Crippen molar-refractivity contribution in [3.8, 4) is 0 Å². The number of nitrogens with zero attached hydrogens (tertiary/aromatic N) is 1. The Hall–Kier alpha value is -1.51. The van der Waals surface area contributed by atoms with Crippen LogP contribution in [0.15, 0.2) is 48.5 Å². The summed E-state index contributed by atoms with van der Waals surface area (Å²) < 4.78 is 0. The molecule has 0 aromatic heterocycles. The minimum absolute atomic E-state index is 0.0195. The number of rotatable bonds is 4. The number of para-hydroxylation sites is 1. The summed E-state index contributed by atoms with van der Waals surface area (Å²) >= 11 is 5.95. The van der Waals surface area contributed by atoms with Gasteiger partial charge in [0.15, 0.2) is 0 Å². The smallest absolute Gasteiger partial charge is 0.0511 e. The van der Waals surface area contributed by atoms with Crippen LogP contribution in [0.4, 0.5) is 5.69 Å². The van der Waals surface area contributed by atoms with E-state index in [1.54, 1.807) is 0 Å². The molecule has 0 radical (unpaired) electrons. The topological polar surface area (TPSA) is 29.3 Å². The Morgan fingerprint density at radius 3 is 2.20 bits per heavy atom. The second kappa shape index (κ2) is 6.29. The first-order valence-electron chi connectivity index (χ1n) is 6.83. The second-order valence-corrected chi connectivity index (χ2v) is 5.62. The summed E-state index contributed by atoms with van der Waals surface area (Å²) in [7, 11) is 2.10. The normalized spacial score (nSPS) is 13.8. The Labute approximate surface area is 126 Å². The summed E-state index contributed by atoms with van der Waals surface area (Å²) in [5.41, 5.74) is 9.63. The van der Waals surface area contributed by atoms with Gasteiger partial charge < -0.3 is 10.6 Å². The van der Waals surface area contributed by atoms with E-state index >= 15 is 0 Å². The Morgan fingerprint density at radius 2 is 1.60 bits per heavy atom. The molecule has 0 saturated heterocycles. The lowest BCUT2D eigenvalue weighted by Crippen LogP contribution is -2.24. The zero-order valence-electron chi connectivity index (χ0n) is 12.2. The lowest BCUT2D eigenvalue weighted by Gasteiger charge is -2.30. The standard InChI is InChI=1S/C17H21ClN2/c1-12(19)16-6-4-5-7-17(16)20(3)13(2)14-8-10-15(18)11-9-14/h4-13H,19H2,1-3H3/t12-,13?/m1/s1. The van der Waals surface area contributed by atoms with Crippen molar-refractivity contribution in [1.29, 1.82) is 0 Å². The second-order valence-electron chi connectivity index (χ2n) is 5.19. The number of nitrogens with two attached hydrogens (primary N) is 1. The molecule has 0 aliphatic heterocycles. The van der Waals surface area contributed by atoms with Crippen LogP contribution in [0.3, 0.4) is 0 Å². The Morgan fingerprint density at radius 1 is 1.00 bits per heavy atom. The molecule has 0 saturated carbocycles. The zero-order chi connectivity index (χ0) is 14.7. The van der Waals surface area contributed by atoms with Gasteiger partial charge in [0.25, 0.3) is 0 Å². The van der Waals surface area contributed by atoms with E-state index in [0.717, 1.165) is 10.6 Å². The molecular weight excluding hydrogens is 268 g/mol. The van der Waals surface area contributed by atoms with Crippen LogP contribution in [0.25, 0.3) is 0 Å². The van der Waals surface area contributed by atoms with E-state index < -0.39 is 0 Å². The fourth-order valence-corrected chi connectivity index (χ4v) is 2.49. The summed E-state index contributed by atoms with van der Waals surface area (Å²) in [5.74, 6) is 0. The minimum atomic E-state index is 0.0195. The Balaban J connectivity index is 2.31. The average molecular weight is 289 g/mol. The molecule has 0 aliphatic carbocycles. The van der Waals surface area contributed by atoms with Crippen molar-refractivity contribution in [1.82, 2.24) is 0 Å². The van der Waals surface area contributed by atoms with Crippen molar-refractivity contribution in [2.24, 2.45) is 5.73 Å². The Kier molecular flexibility index (Phi) is 4.69. The maximum atomic E-state index is 6.07. The summed E-state index contributed by atoms with van der Waals surface area (Å²) in [6.45, 7) is 4.20. The molecule has 106 valence electrons. The number of halogens is 1. The lowest BCUT2D eigenvalue weighted by molar-refractivity contribution is 0.723. The predicted octanol–water partition coefficient (Wildman–Crippen LogP) is 4.56. The van der Waals surface area contributed by atoms with Gasteiger partial charge in [-0.05, 0) is 43.2 Å². The largest absolute Gasteiger partial charge is 0.368 e. The zero-order valence-corrected chi connectivity index (χ0v) is 12.9. The highest BCUT2D eigenvalue weighted by atomic mass is 35.5. The first-order valence-corrected chi connectivity index (χ1v) is 7.21. The molecule has 0 amide bonds. The SMILES string of the molecule is CC(c1ccc(Cl)cc1)N(C)c1ccccc1[C@@H](C)N. The minimum Gasteiger partial charge on any atom is -0.368 e. The van der Waals surface area contributed by atoms with Crippen LogP contribution in [0.2, 0.25) is 5.02 Å². The quantitative estimate of drug-likeness (QED) is 0.894. The van der Waals surface area contributed by atoms with Gasteiger partial charge in [-0.1, -0.05) is 41.9 Å². The summed E-state index contributed by atoms with van der Waals surface area (Å²) in [6.07, 6.45) is 0. The van der Waals surface area contributed by atoms with Crippen LogP contribution < -0.4 is 10.6 Å². The molecule has 3 heteroatoms. The maximum Gasteiger partial charge on any atom is 0.0511 e. The van der Waals surface area contributed by atoms with Crippen molar-refractivity contribution in [2.45, 2.75) is 25.9 Å². The third kappa shape index (κ3) is 3.14. The summed E-state index contributed by atoms with van der Waals surface area (Å²) in [6, 6.07) is 16.6. The van der Waals surface area contributed by atoms with E-state index in [9.17, 15) is 0 Å². The highest BCUT2D eigenvalue weighted by Gasteiger charge is 2.16. The molecule has 2 atom stereocenters. The number of anilines is 1. The molecular formula is C17H21ClN2. The van der Waals surface area contributed by atoms with Gasteiger partial charge in [-0.25, -0.2) is 0 Å². The van der Waals surface area contributed by atoms with Crippen molar-refractivity contribution in [3.05, 3.63) is 64.7 Å². The van der Waals surface area contributed by atoms with Gasteiger partial charge in [0.2, 0.25) is 0 Å². The Bertz CT molecular complexity index is 563. The number of hydrogen-bond acceptors (Lipinski definition) is 2. The molecule has 0 spiro atoms. The van der Waals surface area contributed by atoms with Crippen LogP contribution in [-0.4, -0.2) is 7.05 Å². The molecule has 0 heterocycles. The van der Waals surface area contributed by atoms with Crippen molar-refractivity contribution in [2.75, 3.05) is 11.9 Å². The lowest BCUT2D eigenvalue weighted by atomic mass is 10.0. The van der Waals surface area contributed by atoms with Crippen LogP contribution in [0.1, 0.15) is 37.1 Å². The molecule has 2 aromatic rings. The van der Waals surface area contributed by atoms with E-state index in [2.05, 4.69) is 43.1 Å². The molecule has 1 unspecified atom stereocenters. The summed E-state index contributed by atoms with van der Waals surface area (Å²) in [5, 5.41) is 0.764. The van der Waals surface area contributed by atoms with Crippen molar-refractivity contribution in [3.63, 3.8) is 0 Å². The van der Waals surface area contributed by atoms with Gasteiger partial charge in [-0.3, -0.25) is 0 Å².